The number of pyridine rings is 1. The Morgan fingerprint density at radius 3 is 2.65 bits per heavy atom. The summed E-state index contributed by atoms with van der Waals surface area (Å²) in [4.78, 5) is 33.5. The highest BCUT2D eigenvalue weighted by Crippen LogP contribution is 2.31. The van der Waals surface area contributed by atoms with Crippen molar-refractivity contribution in [2.24, 2.45) is 5.92 Å². The lowest BCUT2D eigenvalue weighted by Gasteiger charge is -2.39. The van der Waals surface area contributed by atoms with E-state index in [4.69, 9.17) is 0 Å². The van der Waals surface area contributed by atoms with Gasteiger partial charge in [0.1, 0.15) is 18.1 Å². The first-order valence-electron chi connectivity index (χ1n) is 12.3. The summed E-state index contributed by atoms with van der Waals surface area (Å²) in [6.45, 7) is 4.87. The molecule has 1 aliphatic carbocycles. The molecule has 1 saturated carbocycles. The third-order valence-electron chi connectivity index (χ3n) is 6.51. The molecule has 3 aromatic rings. The smallest absolute Gasteiger partial charge is 0.247 e. The Bertz CT molecular complexity index is 1090. The number of fused-ring (bicyclic) bond motifs is 1. The minimum absolute atomic E-state index is 0.00269. The second-order valence-corrected chi connectivity index (χ2v) is 9.49. The minimum atomic E-state index is -0.730. The number of nitrogens with zero attached hydrogens (tertiary/aromatic N) is 5. The highest BCUT2D eigenvalue weighted by atomic mass is 16.2. The summed E-state index contributed by atoms with van der Waals surface area (Å²) in [5, 5.41) is 11.5. The molecule has 1 unspecified atom stereocenters. The molecule has 1 aliphatic rings. The van der Waals surface area contributed by atoms with Crippen molar-refractivity contribution in [2.75, 3.05) is 6.54 Å². The molecule has 8 heteroatoms. The molecule has 0 spiro atoms. The highest BCUT2D eigenvalue weighted by Gasteiger charge is 2.37. The first-order valence-corrected chi connectivity index (χ1v) is 12.3. The van der Waals surface area contributed by atoms with Crippen molar-refractivity contribution in [1.29, 1.82) is 0 Å². The first-order chi connectivity index (χ1) is 16.5. The molecular weight excluding hydrogens is 428 g/mol. The Labute approximate surface area is 200 Å². The van der Waals surface area contributed by atoms with E-state index in [9.17, 15) is 9.59 Å². The molecular formula is C26H34N6O2. The molecule has 1 fully saturated rings. The van der Waals surface area contributed by atoms with Crippen molar-refractivity contribution >= 4 is 22.8 Å². The zero-order valence-electron chi connectivity index (χ0n) is 20.1. The fourth-order valence-electron chi connectivity index (χ4n) is 4.72. The summed E-state index contributed by atoms with van der Waals surface area (Å²) in [6, 6.07) is 10.6. The van der Waals surface area contributed by atoms with Crippen LogP contribution < -0.4 is 5.32 Å². The Hall–Kier alpha value is -3.29. The molecule has 2 heterocycles. The van der Waals surface area contributed by atoms with Gasteiger partial charge >= 0.3 is 0 Å². The molecule has 0 bridgehead atoms. The summed E-state index contributed by atoms with van der Waals surface area (Å²) in [5.74, 6) is 0.195. The maximum absolute atomic E-state index is 13.9. The van der Waals surface area contributed by atoms with Gasteiger partial charge in [-0.15, -0.1) is 5.10 Å². The maximum atomic E-state index is 13.9. The number of benzene rings is 1. The number of hydrogen-bond acceptors (Lipinski definition) is 5. The van der Waals surface area contributed by atoms with Gasteiger partial charge in [-0.05, 0) is 43.4 Å². The average molecular weight is 463 g/mol. The molecule has 0 aliphatic heterocycles. The third kappa shape index (κ3) is 5.61. The molecule has 0 radical (unpaired) electrons. The van der Waals surface area contributed by atoms with Gasteiger partial charge in [-0.25, -0.2) is 4.68 Å². The summed E-state index contributed by atoms with van der Waals surface area (Å²) >= 11 is 0. The van der Waals surface area contributed by atoms with E-state index in [-0.39, 0.29) is 24.4 Å². The van der Waals surface area contributed by atoms with Gasteiger partial charge in [0.05, 0.1) is 5.52 Å². The number of carbonyl (C=O) groups is 2. The first kappa shape index (κ1) is 23.9. The van der Waals surface area contributed by atoms with Crippen LogP contribution in [-0.4, -0.2) is 49.3 Å². The summed E-state index contributed by atoms with van der Waals surface area (Å²) < 4.78 is 1.63. The minimum Gasteiger partial charge on any atom is -0.354 e. The quantitative estimate of drug-likeness (QED) is 0.521. The van der Waals surface area contributed by atoms with E-state index in [1.165, 1.54) is 0 Å². The van der Waals surface area contributed by atoms with Gasteiger partial charge in [-0.3, -0.25) is 14.6 Å². The normalized spacial score (nSPS) is 15.4. The van der Waals surface area contributed by atoms with Crippen LogP contribution in [0.5, 0.6) is 0 Å². The topological polar surface area (TPSA) is 93.0 Å². The zero-order valence-corrected chi connectivity index (χ0v) is 20.1. The molecule has 1 N–H and O–H groups in total. The van der Waals surface area contributed by atoms with Gasteiger partial charge < -0.3 is 10.2 Å². The second-order valence-electron chi connectivity index (χ2n) is 9.49. The van der Waals surface area contributed by atoms with Gasteiger partial charge in [0, 0.05) is 30.5 Å². The molecule has 2 amide bonds. The van der Waals surface area contributed by atoms with Gasteiger partial charge in [-0.1, -0.05) is 56.5 Å². The van der Waals surface area contributed by atoms with Crippen LogP contribution in [0.1, 0.15) is 64.0 Å². The van der Waals surface area contributed by atoms with Crippen LogP contribution in [-0.2, 0) is 16.1 Å². The van der Waals surface area contributed by atoms with Crippen molar-refractivity contribution < 1.29 is 9.59 Å². The molecule has 4 rings (SSSR count). The van der Waals surface area contributed by atoms with Crippen molar-refractivity contribution in [2.45, 2.75) is 71.0 Å². The van der Waals surface area contributed by atoms with E-state index in [0.29, 0.717) is 12.5 Å². The van der Waals surface area contributed by atoms with Crippen molar-refractivity contribution in [3.63, 3.8) is 0 Å². The number of aromatic nitrogens is 4. The van der Waals surface area contributed by atoms with Crippen LogP contribution >= 0.6 is 0 Å². The number of hydrogen-bond donors (Lipinski definition) is 1. The van der Waals surface area contributed by atoms with E-state index >= 15 is 0 Å². The maximum Gasteiger partial charge on any atom is 0.247 e. The van der Waals surface area contributed by atoms with Crippen molar-refractivity contribution in [1.82, 2.24) is 30.2 Å². The van der Waals surface area contributed by atoms with E-state index in [2.05, 4.69) is 34.5 Å². The lowest BCUT2D eigenvalue weighted by Crippen LogP contribution is -2.50. The van der Waals surface area contributed by atoms with Crippen molar-refractivity contribution in [3.8, 4) is 0 Å². The lowest BCUT2D eigenvalue weighted by molar-refractivity contribution is -0.145. The van der Waals surface area contributed by atoms with Gasteiger partial charge in [-0.2, -0.15) is 0 Å². The Morgan fingerprint density at radius 1 is 1.12 bits per heavy atom. The van der Waals surface area contributed by atoms with E-state index in [1.54, 1.807) is 22.0 Å². The predicted octanol–water partition coefficient (Wildman–Crippen LogP) is 3.89. The number of amides is 2. The van der Waals surface area contributed by atoms with Gasteiger partial charge in [0.25, 0.3) is 0 Å². The monoisotopic (exact) mass is 462 g/mol. The summed E-state index contributed by atoms with van der Waals surface area (Å²) in [7, 11) is 0. The zero-order chi connectivity index (χ0) is 23.9. The molecule has 0 saturated heterocycles. The predicted molar refractivity (Wildman–Crippen MR) is 131 cm³/mol. The Morgan fingerprint density at radius 2 is 1.91 bits per heavy atom. The van der Waals surface area contributed by atoms with Crippen molar-refractivity contribution in [3.05, 3.63) is 54.4 Å². The Kier molecular flexibility index (Phi) is 7.87. The molecule has 1 atom stereocenters. The molecule has 180 valence electrons. The SMILES string of the molecule is CC(C)CCNC(=O)C(c1cccnc1)N(C(=O)Cn1nnc2ccccc21)C1CCCCC1. The van der Waals surface area contributed by atoms with Crippen LogP contribution in [0.3, 0.4) is 0 Å². The summed E-state index contributed by atoms with van der Waals surface area (Å²) in [5.41, 5.74) is 2.28. The fourth-order valence-corrected chi connectivity index (χ4v) is 4.72. The Balaban J connectivity index is 1.66. The number of nitrogens with one attached hydrogen (secondary N) is 1. The summed E-state index contributed by atoms with van der Waals surface area (Å²) in [6.07, 6.45) is 9.30. The third-order valence-corrected chi connectivity index (χ3v) is 6.51. The van der Waals surface area contributed by atoms with Crippen LogP contribution in [0.25, 0.3) is 11.0 Å². The van der Waals surface area contributed by atoms with E-state index in [0.717, 1.165) is 55.1 Å². The van der Waals surface area contributed by atoms with Gasteiger partial charge in [0.2, 0.25) is 11.8 Å². The fraction of sp³-hybridized carbons (Fsp3) is 0.500. The van der Waals surface area contributed by atoms with Crippen LogP contribution in [0.15, 0.2) is 48.8 Å². The van der Waals surface area contributed by atoms with Crippen LogP contribution in [0, 0.1) is 5.92 Å². The number of para-hydroxylation sites is 1. The molecule has 1 aromatic carbocycles. The number of carbonyl (C=O) groups excluding carboxylic acids is 2. The van der Waals surface area contributed by atoms with Crippen LogP contribution in [0.4, 0.5) is 0 Å². The van der Waals surface area contributed by atoms with Gasteiger partial charge in [0.15, 0.2) is 0 Å². The molecule has 8 nitrogen and oxygen atoms in total. The van der Waals surface area contributed by atoms with E-state index in [1.807, 2.05) is 36.4 Å². The van der Waals surface area contributed by atoms with E-state index < -0.39 is 6.04 Å². The highest BCUT2D eigenvalue weighted by molar-refractivity contribution is 5.89. The molecule has 2 aromatic heterocycles. The standard InChI is InChI=1S/C26H34N6O2/c1-19(2)14-16-28-26(34)25(20-9-8-15-27-17-20)32(21-10-4-3-5-11-21)24(33)18-31-23-13-7-6-12-22(23)29-30-31/h6-9,12-13,15,17,19,21,25H,3-5,10-11,14,16,18H2,1-2H3,(H,28,34). The average Bonchev–Trinajstić information content (AvgIpc) is 3.26. The second kappa shape index (κ2) is 11.2. The molecule has 34 heavy (non-hydrogen) atoms. The number of rotatable bonds is 9. The lowest BCUT2D eigenvalue weighted by atomic mass is 9.91. The van der Waals surface area contributed by atoms with Crippen LogP contribution in [0.2, 0.25) is 0 Å². The largest absolute Gasteiger partial charge is 0.354 e.